The smallest absolute Gasteiger partial charge is 0.305 e. The van der Waals surface area contributed by atoms with E-state index in [0.29, 0.717) is 56.3 Å². The third-order valence-electron chi connectivity index (χ3n) is 7.62. The number of rotatable bonds is 20. The number of benzene rings is 1. The molecule has 1 aliphatic rings. The van der Waals surface area contributed by atoms with E-state index in [1.54, 1.807) is 12.1 Å². The number of carbonyl (C=O) groups excluding carboxylic acids is 3. The maximum atomic E-state index is 12.3. The molecule has 1 saturated carbocycles. The van der Waals surface area contributed by atoms with Gasteiger partial charge in [-0.1, -0.05) is 56.9 Å². The molecule has 2 rings (SSSR count). The Morgan fingerprint density at radius 2 is 1.72 bits per heavy atom. The maximum Gasteiger partial charge on any atom is 0.305 e. The van der Waals surface area contributed by atoms with Gasteiger partial charge in [0.15, 0.2) is 0 Å². The highest BCUT2D eigenvalue weighted by Crippen LogP contribution is 2.38. The van der Waals surface area contributed by atoms with Gasteiger partial charge in [-0.25, -0.2) is 0 Å². The average molecular weight is 545 g/mol. The first kappa shape index (κ1) is 32.7. The highest BCUT2D eigenvalue weighted by Gasteiger charge is 2.40. The first-order valence-corrected chi connectivity index (χ1v) is 14.7. The van der Waals surface area contributed by atoms with Gasteiger partial charge < -0.3 is 19.7 Å². The SMILES string of the molecule is CCCCCCCC(=O)CC[C@@H]1[C@@H](CC=CCCCC(=O)OCCOc2cc(C=O)ccc2C)[C@@H](O)C[C@H]1O. The van der Waals surface area contributed by atoms with Crippen molar-refractivity contribution < 1.29 is 34.1 Å². The Morgan fingerprint density at radius 3 is 2.49 bits per heavy atom. The van der Waals surface area contributed by atoms with Gasteiger partial charge in [0.25, 0.3) is 0 Å². The number of hydrogen-bond donors (Lipinski definition) is 2. The van der Waals surface area contributed by atoms with Crippen LogP contribution in [0.1, 0.15) is 106 Å². The number of Topliss-reactive ketones (excluding diaryl/α,β-unsaturated/α-hetero) is 1. The average Bonchev–Trinajstić information content (AvgIpc) is 3.19. The fourth-order valence-electron chi connectivity index (χ4n) is 5.24. The predicted molar refractivity (Wildman–Crippen MR) is 152 cm³/mol. The number of aliphatic hydroxyl groups excluding tert-OH is 2. The van der Waals surface area contributed by atoms with Crippen LogP contribution in [-0.2, 0) is 14.3 Å². The lowest BCUT2D eigenvalue weighted by Crippen LogP contribution is -2.22. The Balaban J connectivity index is 1.60. The fraction of sp³-hybridized carbons (Fsp3) is 0.656. The molecular formula is C32H48O7. The summed E-state index contributed by atoms with van der Waals surface area (Å²) in [6.45, 7) is 4.42. The summed E-state index contributed by atoms with van der Waals surface area (Å²) >= 11 is 0. The van der Waals surface area contributed by atoms with Crippen LogP contribution >= 0.6 is 0 Å². The summed E-state index contributed by atoms with van der Waals surface area (Å²) in [4.78, 5) is 35.2. The van der Waals surface area contributed by atoms with Crippen LogP contribution in [0.2, 0.25) is 0 Å². The Bertz CT molecular complexity index is 910. The van der Waals surface area contributed by atoms with Crippen molar-refractivity contribution in [3.63, 3.8) is 0 Å². The Labute approximate surface area is 234 Å². The van der Waals surface area contributed by atoms with E-state index in [0.717, 1.165) is 31.1 Å². The van der Waals surface area contributed by atoms with E-state index in [2.05, 4.69) is 6.92 Å². The van der Waals surface area contributed by atoms with E-state index in [4.69, 9.17) is 9.47 Å². The number of aldehydes is 1. The molecule has 7 nitrogen and oxygen atoms in total. The lowest BCUT2D eigenvalue weighted by Gasteiger charge is -2.22. The molecule has 0 amide bonds. The molecule has 1 aromatic rings. The molecular weight excluding hydrogens is 496 g/mol. The topological polar surface area (TPSA) is 110 Å². The minimum Gasteiger partial charge on any atom is -0.490 e. The van der Waals surface area contributed by atoms with E-state index in [1.807, 2.05) is 25.1 Å². The molecule has 39 heavy (non-hydrogen) atoms. The van der Waals surface area contributed by atoms with Crippen LogP contribution in [0.5, 0.6) is 5.75 Å². The van der Waals surface area contributed by atoms with Gasteiger partial charge >= 0.3 is 5.97 Å². The fourth-order valence-corrected chi connectivity index (χ4v) is 5.24. The second-order valence-electron chi connectivity index (χ2n) is 10.8. The van der Waals surface area contributed by atoms with Gasteiger partial charge in [-0.15, -0.1) is 0 Å². The molecule has 0 aromatic heterocycles. The van der Waals surface area contributed by atoms with Crippen LogP contribution in [0.4, 0.5) is 0 Å². The van der Waals surface area contributed by atoms with Crippen molar-refractivity contribution in [3.8, 4) is 5.75 Å². The Hall–Kier alpha value is -2.51. The van der Waals surface area contributed by atoms with Gasteiger partial charge in [0, 0.05) is 24.8 Å². The van der Waals surface area contributed by atoms with Crippen molar-refractivity contribution in [2.45, 2.75) is 110 Å². The van der Waals surface area contributed by atoms with Crippen LogP contribution in [0.25, 0.3) is 0 Å². The zero-order chi connectivity index (χ0) is 28.5. The summed E-state index contributed by atoms with van der Waals surface area (Å²) in [5.41, 5.74) is 1.44. The number of aliphatic hydroxyl groups is 2. The number of carbonyl (C=O) groups is 3. The predicted octanol–water partition coefficient (Wildman–Crippen LogP) is 5.91. The second kappa shape index (κ2) is 18.7. The Kier molecular flexibility index (Phi) is 15.7. The molecule has 1 fully saturated rings. The largest absolute Gasteiger partial charge is 0.490 e. The third-order valence-corrected chi connectivity index (χ3v) is 7.62. The molecule has 1 aromatic carbocycles. The van der Waals surface area contributed by atoms with Crippen LogP contribution < -0.4 is 4.74 Å². The van der Waals surface area contributed by atoms with E-state index in [9.17, 15) is 24.6 Å². The second-order valence-corrected chi connectivity index (χ2v) is 10.8. The van der Waals surface area contributed by atoms with Crippen LogP contribution in [0.3, 0.4) is 0 Å². The molecule has 0 bridgehead atoms. The quantitative estimate of drug-likeness (QED) is 0.0908. The van der Waals surface area contributed by atoms with Crippen LogP contribution in [0, 0.1) is 18.8 Å². The minimum atomic E-state index is -0.563. The number of allylic oxidation sites excluding steroid dienone is 2. The van der Waals surface area contributed by atoms with E-state index < -0.39 is 12.2 Å². The van der Waals surface area contributed by atoms with Gasteiger partial charge in [0.1, 0.15) is 31.0 Å². The van der Waals surface area contributed by atoms with Crippen molar-refractivity contribution in [2.75, 3.05) is 13.2 Å². The normalized spacial score (nSPS) is 20.8. The molecule has 218 valence electrons. The highest BCUT2D eigenvalue weighted by molar-refractivity contribution is 5.78. The summed E-state index contributed by atoms with van der Waals surface area (Å²) in [5.74, 6) is 0.474. The maximum absolute atomic E-state index is 12.3. The van der Waals surface area contributed by atoms with Crippen molar-refractivity contribution in [2.24, 2.45) is 11.8 Å². The number of unbranched alkanes of at least 4 members (excludes halogenated alkanes) is 5. The summed E-state index contributed by atoms with van der Waals surface area (Å²) in [6.07, 6.45) is 13.7. The van der Waals surface area contributed by atoms with Crippen molar-refractivity contribution in [1.29, 1.82) is 0 Å². The first-order valence-electron chi connectivity index (χ1n) is 14.7. The van der Waals surface area contributed by atoms with Crippen molar-refractivity contribution in [1.82, 2.24) is 0 Å². The standard InChI is InChI=1S/C32H48O7/c1-3-4-5-6-9-12-26(34)17-18-28-27(29(35)22-30(28)36)13-10-7-8-11-14-32(37)39-20-19-38-31-21-25(23-33)16-15-24(31)2/h7,10,15-16,21,23,27-30,35-36H,3-6,8-9,11-14,17-20,22H2,1-2H3/t27-,28-,29+,30-/m1/s1. The number of aryl methyl sites for hydroxylation is 1. The number of hydrogen-bond acceptors (Lipinski definition) is 7. The van der Waals surface area contributed by atoms with E-state index in [-0.39, 0.29) is 36.8 Å². The van der Waals surface area contributed by atoms with Gasteiger partial charge in [-0.05, 0) is 68.9 Å². The molecule has 4 atom stereocenters. The van der Waals surface area contributed by atoms with Crippen molar-refractivity contribution >= 4 is 18.0 Å². The van der Waals surface area contributed by atoms with Gasteiger partial charge in [0.2, 0.25) is 0 Å². The minimum absolute atomic E-state index is 0.0468. The summed E-state index contributed by atoms with van der Waals surface area (Å²) in [5, 5.41) is 20.9. The number of esters is 1. The van der Waals surface area contributed by atoms with Gasteiger partial charge in [0.05, 0.1) is 12.2 Å². The van der Waals surface area contributed by atoms with Crippen LogP contribution in [0.15, 0.2) is 30.4 Å². The lowest BCUT2D eigenvalue weighted by atomic mass is 9.86. The summed E-state index contributed by atoms with van der Waals surface area (Å²) in [7, 11) is 0. The summed E-state index contributed by atoms with van der Waals surface area (Å²) in [6, 6.07) is 5.20. The molecule has 0 radical (unpaired) electrons. The van der Waals surface area contributed by atoms with E-state index in [1.165, 1.54) is 19.3 Å². The van der Waals surface area contributed by atoms with Crippen molar-refractivity contribution in [3.05, 3.63) is 41.5 Å². The number of ketones is 1. The number of ether oxygens (including phenoxy) is 2. The Morgan fingerprint density at radius 1 is 0.949 bits per heavy atom. The molecule has 0 saturated heterocycles. The van der Waals surface area contributed by atoms with E-state index >= 15 is 0 Å². The molecule has 0 aliphatic heterocycles. The molecule has 0 spiro atoms. The zero-order valence-corrected chi connectivity index (χ0v) is 23.8. The third kappa shape index (κ3) is 12.5. The zero-order valence-electron chi connectivity index (χ0n) is 23.8. The first-order chi connectivity index (χ1) is 18.8. The molecule has 0 heterocycles. The highest BCUT2D eigenvalue weighted by atomic mass is 16.6. The summed E-state index contributed by atoms with van der Waals surface area (Å²) < 4.78 is 10.8. The molecule has 2 N–H and O–H groups in total. The van der Waals surface area contributed by atoms with Crippen LogP contribution in [-0.4, -0.2) is 53.7 Å². The monoisotopic (exact) mass is 544 g/mol. The molecule has 7 heteroatoms. The molecule has 0 unspecified atom stereocenters. The van der Waals surface area contributed by atoms with Gasteiger partial charge in [-0.2, -0.15) is 0 Å². The molecule has 1 aliphatic carbocycles. The lowest BCUT2D eigenvalue weighted by molar-refractivity contribution is -0.144. The van der Waals surface area contributed by atoms with Gasteiger partial charge in [-0.3, -0.25) is 14.4 Å².